The first kappa shape index (κ1) is 18.9. The highest BCUT2D eigenvalue weighted by molar-refractivity contribution is 5.94. The van der Waals surface area contributed by atoms with E-state index in [0.717, 1.165) is 50.4 Å². The van der Waals surface area contributed by atoms with Crippen LogP contribution < -0.4 is 10.2 Å². The number of amides is 1. The van der Waals surface area contributed by atoms with Crippen LogP contribution in [0, 0.1) is 5.82 Å². The highest BCUT2D eigenvalue weighted by Crippen LogP contribution is 2.28. The summed E-state index contributed by atoms with van der Waals surface area (Å²) < 4.78 is 24.5. The van der Waals surface area contributed by atoms with Crippen LogP contribution in [0.5, 0.6) is 0 Å². The lowest BCUT2D eigenvalue weighted by atomic mass is 9.98. The smallest absolute Gasteiger partial charge is 0.251 e. The van der Waals surface area contributed by atoms with Crippen molar-refractivity contribution >= 4 is 11.6 Å². The van der Waals surface area contributed by atoms with Gasteiger partial charge in [-0.2, -0.15) is 0 Å². The number of rotatable bonds is 5. The Morgan fingerprint density at radius 3 is 2.39 bits per heavy atom. The number of benzene rings is 2. The molecule has 0 aliphatic carbocycles. The average Bonchev–Trinajstić information content (AvgIpc) is 3.28. The predicted octanol–water partition coefficient (Wildman–Crippen LogP) is 3.31. The molecule has 28 heavy (non-hydrogen) atoms. The minimum absolute atomic E-state index is 0.0953. The van der Waals surface area contributed by atoms with Crippen LogP contribution >= 0.6 is 0 Å². The lowest BCUT2D eigenvalue weighted by Gasteiger charge is -2.29. The van der Waals surface area contributed by atoms with Gasteiger partial charge in [0, 0.05) is 30.9 Å². The number of carbonyl (C=O) groups excluding carboxylic acids is 1. The molecular weight excluding hydrogens is 359 g/mol. The van der Waals surface area contributed by atoms with E-state index < -0.39 is 0 Å². The first-order valence-corrected chi connectivity index (χ1v) is 9.81. The monoisotopic (exact) mass is 384 g/mol. The molecule has 5 nitrogen and oxygen atoms in total. The van der Waals surface area contributed by atoms with Crippen LogP contribution in [-0.4, -0.2) is 44.9 Å². The van der Waals surface area contributed by atoms with E-state index in [4.69, 9.17) is 9.47 Å². The van der Waals surface area contributed by atoms with E-state index in [-0.39, 0.29) is 23.9 Å². The van der Waals surface area contributed by atoms with E-state index in [1.54, 1.807) is 12.1 Å². The highest BCUT2D eigenvalue weighted by Gasteiger charge is 2.29. The molecule has 4 rings (SSSR count). The minimum Gasteiger partial charge on any atom is -0.378 e. The van der Waals surface area contributed by atoms with Crippen LogP contribution in [0.15, 0.2) is 48.5 Å². The van der Waals surface area contributed by atoms with E-state index in [0.29, 0.717) is 12.2 Å². The minimum atomic E-state index is -0.297. The van der Waals surface area contributed by atoms with Gasteiger partial charge in [0.05, 0.1) is 25.4 Å². The molecule has 0 spiro atoms. The maximum Gasteiger partial charge on any atom is 0.251 e. The van der Waals surface area contributed by atoms with Crippen LogP contribution in [0.2, 0.25) is 0 Å². The van der Waals surface area contributed by atoms with Crippen molar-refractivity contribution < 1.29 is 18.7 Å². The lowest BCUT2D eigenvalue weighted by molar-refractivity contribution is 0.0672. The van der Waals surface area contributed by atoms with Gasteiger partial charge < -0.3 is 19.7 Å². The summed E-state index contributed by atoms with van der Waals surface area (Å²) in [5, 5.41) is 3.09. The fourth-order valence-electron chi connectivity index (χ4n) is 3.80. The molecule has 2 fully saturated rings. The van der Waals surface area contributed by atoms with Gasteiger partial charge in [-0.25, -0.2) is 4.39 Å². The fraction of sp³-hybridized carbons (Fsp3) is 0.409. The van der Waals surface area contributed by atoms with Gasteiger partial charge in [-0.3, -0.25) is 4.79 Å². The van der Waals surface area contributed by atoms with Crippen LogP contribution in [-0.2, 0) is 9.47 Å². The van der Waals surface area contributed by atoms with Gasteiger partial charge in [0.15, 0.2) is 0 Å². The standard InChI is InChI=1S/C22H25FN2O3/c23-18-7-3-16(4-8-18)21(20-2-1-13-28-20)24-22(26)17-5-9-19(10-6-17)25-11-14-27-15-12-25/h3-10,20-21H,1-2,11-15H2,(H,24,26)/t20-,21+/m1/s1. The zero-order chi connectivity index (χ0) is 19.3. The first-order chi connectivity index (χ1) is 13.7. The topological polar surface area (TPSA) is 50.8 Å². The molecule has 0 saturated carbocycles. The number of ether oxygens (including phenoxy) is 2. The van der Waals surface area contributed by atoms with Gasteiger partial charge in [-0.15, -0.1) is 0 Å². The molecule has 0 radical (unpaired) electrons. The summed E-state index contributed by atoms with van der Waals surface area (Å²) in [6.45, 7) is 3.85. The van der Waals surface area contributed by atoms with E-state index in [2.05, 4.69) is 10.2 Å². The molecule has 0 bridgehead atoms. The third-order valence-electron chi connectivity index (χ3n) is 5.36. The molecule has 1 N–H and O–H groups in total. The number of carbonyl (C=O) groups is 1. The summed E-state index contributed by atoms with van der Waals surface area (Å²) in [5.74, 6) is -0.446. The summed E-state index contributed by atoms with van der Waals surface area (Å²) in [6.07, 6.45) is 1.74. The normalized spacial score (nSPS) is 20.8. The van der Waals surface area contributed by atoms with Crippen LogP contribution in [0.1, 0.15) is 34.8 Å². The molecule has 2 heterocycles. The first-order valence-electron chi connectivity index (χ1n) is 9.81. The van der Waals surface area contributed by atoms with Gasteiger partial charge in [0.25, 0.3) is 5.91 Å². The van der Waals surface area contributed by atoms with Crippen molar-refractivity contribution in [2.45, 2.75) is 25.0 Å². The molecule has 148 valence electrons. The fourth-order valence-corrected chi connectivity index (χ4v) is 3.80. The summed E-state index contributed by atoms with van der Waals surface area (Å²) in [4.78, 5) is 15.1. The van der Waals surface area contributed by atoms with Crippen molar-refractivity contribution in [3.05, 3.63) is 65.5 Å². The van der Waals surface area contributed by atoms with Gasteiger partial charge >= 0.3 is 0 Å². The number of nitrogens with zero attached hydrogens (tertiary/aromatic N) is 1. The van der Waals surface area contributed by atoms with Gasteiger partial charge in [-0.05, 0) is 54.8 Å². The number of morpholine rings is 1. The molecule has 2 aliphatic heterocycles. The SMILES string of the molecule is O=C(N[C@@H](c1ccc(F)cc1)[C@H]1CCCO1)c1ccc(N2CCOCC2)cc1. The van der Waals surface area contributed by atoms with E-state index >= 15 is 0 Å². The molecule has 0 aromatic heterocycles. The lowest BCUT2D eigenvalue weighted by Crippen LogP contribution is -2.37. The predicted molar refractivity (Wildman–Crippen MR) is 105 cm³/mol. The number of anilines is 1. The second-order valence-electron chi connectivity index (χ2n) is 7.20. The summed E-state index contributed by atoms with van der Waals surface area (Å²) in [7, 11) is 0. The van der Waals surface area contributed by atoms with Crippen molar-refractivity contribution in [1.82, 2.24) is 5.32 Å². The van der Waals surface area contributed by atoms with E-state index in [1.165, 1.54) is 12.1 Å². The third-order valence-corrected chi connectivity index (χ3v) is 5.36. The van der Waals surface area contributed by atoms with Crippen molar-refractivity contribution in [3.8, 4) is 0 Å². The maximum absolute atomic E-state index is 13.3. The van der Waals surface area contributed by atoms with Crippen molar-refractivity contribution in [2.24, 2.45) is 0 Å². The Bertz CT molecular complexity index is 782. The van der Waals surface area contributed by atoms with Crippen LogP contribution in [0.25, 0.3) is 0 Å². The van der Waals surface area contributed by atoms with Crippen LogP contribution in [0.3, 0.4) is 0 Å². The summed E-state index contributed by atoms with van der Waals surface area (Å²) in [5.41, 5.74) is 2.54. The average molecular weight is 384 g/mol. The Labute approximate surface area is 164 Å². The Morgan fingerprint density at radius 1 is 1.04 bits per heavy atom. The molecule has 2 aromatic carbocycles. The number of halogens is 1. The quantitative estimate of drug-likeness (QED) is 0.859. The van der Waals surface area contributed by atoms with E-state index in [9.17, 15) is 9.18 Å². The van der Waals surface area contributed by atoms with Gasteiger partial charge in [-0.1, -0.05) is 12.1 Å². The molecule has 2 saturated heterocycles. The Balaban J connectivity index is 1.48. The van der Waals surface area contributed by atoms with Crippen molar-refractivity contribution in [2.75, 3.05) is 37.8 Å². The Kier molecular flexibility index (Phi) is 5.88. The maximum atomic E-state index is 13.3. The number of nitrogens with one attached hydrogen (secondary N) is 1. The second-order valence-corrected chi connectivity index (χ2v) is 7.20. The molecule has 6 heteroatoms. The summed E-state index contributed by atoms with van der Waals surface area (Å²) in [6, 6.07) is 13.6. The zero-order valence-electron chi connectivity index (χ0n) is 15.8. The van der Waals surface area contributed by atoms with E-state index in [1.807, 2.05) is 24.3 Å². The summed E-state index contributed by atoms with van der Waals surface area (Å²) >= 11 is 0. The van der Waals surface area contributed by atoms with Gasteiger partial charge in [0.1, 0.15) is 5.82 Å². The van der Waals surface area contributed by atoms with Crippen LogP contribution in [0.4, 0.5) is 10.1 Å². The third kappa shape index (κ3) is 4.34. The highest BCUT2D eigenvalue weighted by atomic mass is 19.1. The Hall–Kier alpha value is -2.44. The number of hydrogen-bond donors (Lipinski definition) is 1. The largest absolute Gasteiger partial charge is 0.378 e. The second kappa shape index (κ2) is 8.71. The molecule has 2 aromatic rings. The molecule has 0 unspecified atom stereocenters. The molecule has 2 aliphatic rings. The molecule has 1 amide bonds. The Morgan fingerprint density at radius 2 is 1.75 bits per heavy atom. The van der Waals surface area contributed by atoms with Crippen molar-refractivity contribution in [1.29, 1.82) is 0 Å². The molecular formula is C22H25FN2O3. The van der Waals surface area contributed by atoms with Crippen molar-refractivity contribution in [3.63, 3.8) is 0 Å². The van der Waals surface area contributed by atoms with Gasteiger partial charge in [0.2, 0.25) is 0 Å². The molecule has 2 atom stereocenters. The zero-order valence-corrected chi connectivity index (χ0v) is 15.8. The number of hydrogen-bond acceptors (Lipinski definition) is 4.